The van der Waals surface area contributed by atoms with E-state index in [9.17, 15) is 4.79 Å². The second-order valence-electron chi connectivity index (χ2n) is 5.32. The third-order valence-electron chi connectivity index (χ3n) is 3.86. The van der Waals surface area contributed by atoms with Crippen LogP contribution >= 0.6 is 0 Å². The van der Waals surface area contributed by atoms with Crippen molar-refractivity contribution in [2.24, 2.45) is 0 Å². The molecule has 2 aromatic rings. The van der Waals surface area contributed by atoms with Gasteiger partial charge >= 0.3 is 5.97 Å². The van der Waals surface area contributed by atoms with Gasteiger partial charge in [-0.2, -0.15) is 0 Å². The van der Waals surface area contributed by atoms with Crippen molar-refractivity contribution >= 4 is 5.97 Å². The molecule has 108 valence electrons. The topological polar surface area (TPSA) is 66.3 Å². The summed E-state index contributed by atoms with van der Waals surface area (Å²) >= 11 is 0. The molecule has 2 aromatic heterocycles. The van der Waals surface area contributed by atoms with Gasteiger partial charge in [0.25, 0.3) is 0 Å². The smallest absolute Gasteiger partial charge is 0.317 e. The third kappa shape index (κ3) is 3.25. The van der Waals surface area contributed by atoms with Crippen molar-refractivity contribution < 1.29 is 9.90 Å². The molecule has 0 aliphatic carbocycles. The molecule has 1 saturated heterocycles. The summed E-state index contributed by atoms with van der Waals surface area (Å²) in [5.74, 6) is -0.379. The van der Waals surface area contributed by atoms with E-state index >= 15 is 0 Å². The summed E-state index contributed by atoms with van der Waals surface area (Å²) in [6.07, 6.45) is 6.33. The number of nitrogens with zero attached hydrogens (tertiary/aromatic N) is 3. The summed E-state index contributed by atoms with van der Waals surface area (Å²) in [5.41, 5.74) is 3.21. The zero-order valence-corrected chi connectivity index (χ0v) is 11.6. The van der Waals surface area contributed by atoms with Crippen molar-refractivity contribution in [1.29, 1.82) is 0 Å². The van der Waals surface area contributed by atoms with Crippen molar-refractivity contribution in [3.8, 4) is 11.3 Å². The van der Waals surface area contributed by atoms with E-state index in [4.69, 9.17) is 5.11 Å². The fourth-order valence-corrected chi connectivity index (χ4v) is 2.82. The predicted molar refractivity (Wildman–Crippen MR) is 78.9 cm³/mol. The molecule has 0 amide bonds. The maximum atomic E-state index is 10.8. The Morgan fingerprint density at radius 2 is 2.10 bits per heavy atom. The summed E-state index contributed by atoms with van der Waals surface area (Å²) in [6, 6.07) is 8.01. The lowest BCUT2D eigenvalue weighted by Gasteiger charge is -2.14. The maximum Gasteiger partial charge on any atom is 0.317 e. The molecule has 0 bridgehead atoms. The molecule has 1 atom stereocenters. The quantitative estimate of drug-likeness (QED) is 0.930. The van der Waals surface area contributed by atoms with E-state index in [2.05, 4.69) is 16.0 Å². The number of aliphatic carboxylic acids is 1. The Balaban J connectivity index is 1.77. The van der Waals surface area contributed by atoms with E-state index in [1.165, 1.54) is 5.56 Å². The van der Waals surface area contributed by atoms with E-state index in [0.29, 0.717) is 5.92 Å². The van der Waals surface area contributed by atoms with Crippen molar-refractivity contribution in [1.82, 2.24) is 14.9 Å². The summed E-state index contributed by atoms with van der Waals surface area (Å²) in [7, 11) is 0. The highest BCUT2D eigenvalue weighted by molar-refractivity contribution is 5.69. The second kappa shape index (κ2) is 6.01. The van der Waals surface area contributed by atoms with Crippen molar-refractivity contribution in [3.05, 3.63) is 48.4 Å². The van der Waals surface area contributed by atoms with Crippen LogP contribution in [0.1, 0.15) is 17.9 Å². The number of aromatic nitrogens is 2. The number of carboxylic acids is 1. The summed E-state index contributed by atoms with van der Waals surface area (Å²) in [5, 5.41) is 8.87. The molecule has 0 aromatic carbocycles. The lowest BCUT2D eigenvalue weighted by molar-refractivity contribution is -0.138. The molecule has 1 fully saturated rings. The van der Waals surface area contributed by atoms with Crippen LogP contribution in [0.3, 0.4) is 0 Å². The first-order valence-corrected chi connectivity index (χ1v) is 7.03. The Labute approximate surface area is 123 Å². The number of likely N-dealkylation sites (tertiary alicyclic amines) is 1. The number of pyridine rings is 2. The SMILES string of the molecule is O=C(O)CN1CC[C@@H](c2ccnc(-c3ccncc3)c2)C1. The van der Waals surface area contributed by atoms with Crippen LogP contribution in [-0.4, -0.2) is 45.6 Å². The largest absolute Gasteiger partial charge is 0.480 e. The summed E-state index contributed by atoms with van der Waals surface area (Å²) in [4.78, 5) is 21.2. The van der Waals surface area contributed by atoms with Crippen LogP contribution in [0.4, 0.5) is 0 Å². The first-order valence-electron chi connectivity index (χ1n) is 7.03. The lowest BCUT2D eigenvalue weighted by atomic mass is 9.98. The van der Waals surface area contributed by atoms with Gasteiger partial charge in [0.2, 0.25) is 0 Å². The van der Waals surface area contributed by atoms with E-state index in [1.807, 2.05) is 29.3 Å². The normalized spacial score (nSPS) is 18.8. The van der Waals surface area contributed by atoms with Gasteiger partial charge in [-0.05, 0) is 48.7 Å². The predicted octanol–water partition coefficient (Wildman–Crippen LogP) is 2.02. The van der Waals surface area contributed by atoms with Gasteiger partial charge in [0.05, 0.1) is 12.2 Å². The Kier molecular flexibility index (Phi) is 3.92. The van der Waals surface area contributed by atoms with E-state index in [0.717, 1.165) is 30.8 Å². The molecule has 21 heavy (non-hydrogen) atoms. The van der Waals surface area contributed by atoms with Gasteiger partial charge in [-0.15, -0.1) is 0 Å². The van der Waals surface area contributed by atoms with Gasteiger partial charge in [-0.25, -0.2) is 0 Å². The van der Waals surface area contributed by atoms with Crippen LogP contribution in [0.25, 0.3) is 11.3 Å². The van der Waals surface area contributed by atoms with Crippen molar-refractivity contribution in [2.75, 3.05) is 19.6 Å². The van der Waals surface area contributed by atoms with E-state index in [-0.39, 0.29) is 6.54 Å². The minimum absolute atomic E-state index is 0.124. The van der Waals surface area contributed by atoms with Crippen LogP contribution in [0.5, 0.6) is 0 Å². The Bertz CT molecular complexity index is 630. The van der Waals surface area contributed by atoms with Gasteiger partial charge in [0.15, 0.2) is 0 Å². The average Bonchev–Trinajstić information content (AvgIpc) is 2.96. The minimum atomic E-state index is -0.761. The fraction of sp³-hybridized carbons (Fsp3) is 0.312. The molecule has 0 radical (unpaired) electrons. The van der Waals surface area contributed by atoms with E-state index in [1.54, 1.807) is 12.4 Å². The van der Waals surface area contributed by atoms with Gasteiger partial charge in [-0.3, -0.25) is 19.7 Å². The molecule has 3 rings (SSSR count). The van der Waals surface area contributed by atoms with Crippen molar-refractivity contribution in [2.45, 2.75) is 12.3 Å². The summed E-state index contributed by atoms with van der Waals surface area (Å²) < 4.78 is 0. The highest BCUT2D eigenvalue weighted by atomic mass is 16.4. The monoisotopic (exact) mass is 283 g/mol. The number of hydrogen-bond donors (Lipinski definition) is 1. The summed E-state index contributed by atoms with van der Waals surface area (Å²) in [6.45, 7) is 1.76. The fourth-order valence-electron chi connectivity index (χ4n) is 2.82. The third-order valence-corrected chi connectivity index (χ3v) is 3.86. The van der Waals surface area contributed by atoms with Gasteiger partial charge in [0, 0.05) is 30.7 Å². The highest BCUT2D eigenvalue weighted by Gasteiger charge is 2.25. The molecule has 1 aliphatic rings. The van der Waals surface area contributed by atoms with Gasteiger partial charge < -0.3 is 5.11 Å². The second-order valence-corrected chi connectivity index (χ2v) is 5.32. The molecular formula is C16H17N3O2. The molecule has 0 spiro atoms. The number of rotatable bonds is 4. The van der Waals surface area contributed by atoms with Crippen LogP contribution < -0.4 is 0 Å². The molecule has 3 heterocycles. The molecule has 0 saturated carbocycles. The Morgan fingerprint density at radius 3 is 2.86 bits per heavy atom. The zero-order chi connectivity index (χ0) is 14.7. The number of carboxylic acid groups (broad SMARTS) is 1. The lowest BCUT2D eigenvalue weighted by Crippen LogP contribution is -2.27. The first kappa shape index (κ1) is 13.7. The van der Waals surface area contributed by atoms with Crippen LogP contribution in [-0.2, 0) is 4.79 Å². The molecule has 0 unspecified atom stereocenters. The molecule has 1 aliphatic heterocycles. The van der Waals surface area contributed by atoms with Crippen LogP contribution in [0, 0.1) is 0 Å². The number of hydrogen-bond acceptors (Lipinski definition) is 4. The van der Waals surface area contributed by atoms with Gasteiger partial charge in [0.1, 0.15) is 0 Å². The maximum absolute atomic E-state index is 10.8. The van der Waals surface area contributed by atoms with Gasteiger partial charge in [-0.1, -0.05) is 0 Å². The number of carbonyl (C=O) groups is 1. The Morgan fingerprint density at radius 1 is 1.29 bits per heavy atom. The zero-order valence-electron chi connectivity index (χ0n) is 11.6. The van der Waals surface area contributed by atoms with Crippen LogP contribution in [0.2, 0.25) is 0 Å². The molecule has 5 heteroatoms. The minimum Gasteiger partial charge on any atom is -0.480 e. The Hall–Kier alpha value is -2.27. The standard InChI is InChI=1S/C16H17N3O2/c20-16(21)11-19-8-4-14(10-19)13-3-7-18-15(9-13)12-1-5-17-6-2-12/h1-3,5-7,9,14H,4,8,10-11H2,(H,20,21)/t14-/m1/s1. The van der Waals surface area contributed by atoms with Crippen LogP contribution in [0.15, 0.2) is 42.9 Å². The van der Waals surface area contributed by atoms with E-state index < -0.39 is 5.97 Å². The average molecular weight is 283 g/mol. The molecule has 5 nitrogen and oxygen atoms in total. The first-order chi connectivity index (χ1) is 10.2. The van der Waals surface area contributed by atoms with Crippen molar-refractivity contribution in [3.63, 3.8) is 0 Å². The molecule has 1 N–H and O–H groups in total. The molecular weight excluding hydrogens is 266 g/mol. The highest BCUT2D eigenvalue weighted by Crippen LogP contribution is 2.29.